The van der Waals surface area contributed by atoms with Gasteiger partial charge in [-0.2, -0.15) is 5.10 Å². The van der Waals surface area contributed by atoms with Crippen molar-refractivity contribution in [1.29, 1.82) is 0 Å². The van der Waals surface area contributed by atoms with Crippen LogP contribution in [0.1, 0.15) is 72.1 Å². The lowest BCUT2D eigenvalue weighted by Crippen LogP contribution is -2.37. The second-order valence-electron chi connectivity index (χ2n) is 8.63. The van der Waals surface area contributed by atoms with E-state index in [0.717, 1.165) is 87.4 Å². The van der Waals surface area contributed by atoms with Gasteiger partial charge in [-0.05, 0) is 19.3 Å². The molecule has 9 heteroatoms. The summed E-state index contributed by atoms with van der Waals surface area (Å²) in [5.41, 5.74) is 1.51. The fourth-order valence-corrected chi connectivity index (χ4v) is 4.47. The van der Waals surface area contributed by atoms with Crippen molar-refractivity contribution >= 4 is 11.7 Å². The summed E-state index contributed by atoms with van der Waals surface area (Å²) in [4.78, 5) is 29.1. The normalized spacial score (nSPS) is 20.0. The number of fused-ring (bicyclic) bond motifs is 2. The highest BCUT2D eigenvalue weighted by Gasteiger charge is 2.29. The van der Waals surface area contributed by atoms with Gasteiger partial charge < -0.3 is 15.0 Å². The maximum atomic E-state index is 12.4. The van der Waals surface area contributed by atoms with Gasteiger partial charge in [-0.3, -0.25) is 4.79 Å². The number of ether oxygens (including phenoxy) is 1. The van der Waals surface area contributed by atoms with Gasteiger partial charge in [0.2, 0.25) is 0 Å². The fraction of sp³-hybridized carbons (Fsp3) is 0.667. The Labute approximate surface area is 176 Å². The van der Waals surface area contributed by atoms with E-state index in [0.29, 0.717) is 18.2 Å². The fourth-order valence-electron chi connectivity index (χ4n) is 4.47. The van der Waals surface area contributed by atoms with Crippen molar-refractivity contribution in [3.63, 3.8) is 0 Å². The van der Waals surface area contributed by atoms with Crippen molar-refractivity contribution in [2.45, 2.75) is 57.9 Å². The van der Waals surface area contributed by atoms with E-state index in [1.54, 1.807) is 0 Å². The molecule has 5 rings (SSSR count). The summed E-state index contributed by atoms with van der Waals surface area (Å²) in [5.74, 6) is 4.14. The number of amides is 1. The minimum Gasteiger partial charge on any atom is -0.381 e. The van der Waals surface area contributed by atoms with Crippen LogP contribution in [0.2, 0.25) is 0 Å². The van der Waals surface area contributed by atoms with Crippen molar-refractivity contribution in [2.24, 2.45) is 0 Å². The molecule has 160 valence electrons. The van der Waals surface area contributed by atoms with Gasteiger partial charge >= 0.3 is 0 Å². The number of hydrogen-bond donors (Lipinski definition) is 1. The molecule has 0 aromatic carbocycles. The minimum atomic E-state index is -0.0904. The minimum absolute atomic E-state index is 0.0904. The van der Waals surface area contributed by atoms with Crippen LogP contribution in [0, 0.1) is 0 Å². The molecule has 0 bridgehead atoms. The Morgan fingerprint density at radius 3 is 2.70 bits per heavy atom. The van der Waals surface area contributed by atoms with Gasteiger partial charge in [0, 0.05) is 56.7 Å². The van der Waals surface area contributed by atoms with Gasteiger partial charge in [-0.1, -0.05) is 13.8 Å². The topological polar surface area (TPSA) is 98.1 Å². The predicted molar refractivity (Wildman–Crippen MR) is 111 cm³/mol. The van der Waals surface area contributed by atoms with E-state index in [2.05, 4.69) is 33.7 Å². The Hall–Kier alpha value is -2.55. The molecule has 0 unspecified atom stereocenters. The lowest BCUT2D eigenvalue weighted by Gasteiger charge is -2.28. The molecular weight excluding hydrogens is 382 g/mol. The molecule has 0 aliphatic carbocycles. The third-order valence-corrected chi connectivity index (χ3v) is 6.23. The Morgan fingerprint density at radius 1 is 1.07 bits per heavy atom. The van der Waals surface area contributed by atoms with Crippen molar-refractivity contribution in [1.82, 2.24) is 30.0 Å². The predicted octanol–water partition coefficient (Wildman–Crippen LogP) is 1.43. The molecule has 0 atom stereocenters. The SMILES string of the molecule is CC(C)c1nc2c(c(N3CCc4nc(C5CCOCC5)nn4CC3)n1)CCNC2=O. The zero-order valence-corrected chi connectivity index (χ0v) is 17.7. The first-order valence-corrected chi connectivity index (χ1v) is 11.1. The van der Waals surface area contributed by atoms with Crippen molar-refractivity contribution in [2.75, 3.05) is 37.7 Å². The summed E-state index contributed by atoms with van der Waals surface area (Å²) in [7, 11) is 0. The summed E-state index contributed by atoms with van der Waals surface area (Å²) in [6, 6.07) is 0. The molecule has 1 amide bonds. The van der Waals surface area contributed by atoms with Crippen LogP contribution in [0.5, 0.6) is 0 Å². The van der Waals surface area contributed by atoms with Gasteiger partial charge in [0.1, 0.15) is 23.2 Å². The van der Waals surface area contributed by atoms with Crippen LogP contribution in [-0.4, -0.2) is 63.5 Å². The van der Waals surface area contributed by atoms with Crippen molar-refractivity contribution in [3.8, 4) is 0 Å². The summed E-state index contributed by atoms with van der Waals surface area (Å²) in [5, 5.41) is 7.75. The van der Waals surface area contributed by atoms with E-state index in [4.69, 9.17) is 19.8 Å². The number of hydrogen-bond acceptors (Lipinski definition) is 7. The first-order chi connectivity index (χ1) is 14.6. The average molecular weight is 412 g/mol. The second-order valence-corrected chi connectivity index (χ2v) is 8.63. The molecule has 0 spiro atoms. The Balaban J connectivity index is 1.41. The molecule has 30 heavy (non-hydrogen) atoms. The van der Waals surface area contributed by atoms with Crippen LogP contribution < -0.4 is 10.2 Å². The summed E-state index contributed by atoms with van der Waals surface area (Å²) in [6.07, 6.45) is 3.59. The molecule has 5 heterocycles. The van der Waals surface area contributed by atoms with Gasteiger partial charge in [0.05, 0.1) is 6.54 Å². The third-order valence-electron chi connectivity index (χ3n) is 6.23. The zero-order chi connectivity index (χ0) is 20.7. The van der Waals surface area contributed by atoms with Gasteiger partial charge in [-0.25, -0.2) is 19.6 Å². The molecule has 1 saturated heterocycles. The zero-order valence-electron chi connectivity index (χ0n) is 17.7. The molecule has 0 saturated carbocycles. The third kappa shape index (κ3) is 3.55. The second kappa shape index (κ2) is 7.94. The smallest absolute Gasteiger partial charge is 0.270 e. The van der Waals surface area contributed by atoms with Gasteiger partial charge in [0.15, 0.2) is 5.82 Å². The van der Waals surface area contributed by atoms with Crippen LogP contribution in [0.3, 0.4) is 0 Å². The number of carbonyl (C=O) groups is 1. The summed E-state index contributed by atoms with van der Waals surface area (Å²) < 4.78 is 7.54. The number of nitrogens with zero attached hydrogens (tertiary/aromatic N) is 6. The highest BCUT2D eigenvalue weighted by Crippen LogP contribution is 2.28. The molecule has 3 aliphatic rings. The number of aromatic nitrogens is 5. The molecule has 1 fully saturated rings. The number of anilines is 1. The maximum Gasteiger partial charge on any atom is 0.270 e. The monoisotopic (exact) mass is 411 g/mol. The molecule has 2 aromatic heterocycles. The lowest BCUT2D eigenvalue weighted by molar-refractivity contribution is 0.0835. The molecule has 9 nitrogen and oxygen atoms in total. The quantitative estimate of drug-likeness (QED) is 0.816. The van der Waals surface area contributed by atoms with Gasteiger partial charge in [0.25, 0.3) is 5.91 Å². The van der Waals surface area contributed by atoms with Crippen LogP contribution >= 0.6 is 0 Å². The van der Waals surface area contributed by atoms with Crippen LogP contribution in [0.15, 0.2) is 0 Å². The first kappa shape index (κ1) is 19.4. The molecular formula is C21H29N7O2. The molecule has 1 N–H and O–H groups in total. The Kier molecular flexibility index (Phi) is 5.14. The summed E-state index contributed by atoms with van der Waals surface area (Å²) >= 11 is 0. The average Bonchev–Trinajstić information content (AvgIpc) is 3.07. The highest BCUT2D eigenvalue weighted by molar-refractivity contribution is 5.96. The van der Waals surface area contributed by atoms with Crippen molar-refractivity contribution in [3.05, 3.63) is 28.7 Å². The first-order valence-electron chi connectivity index (χ1n) is 11.1. The van der Waals surface area contributed by atoms with Crippen LogP contribution in [0.4, 0.5) is 5.82 Å². The lowest BCUT2D eigenvalue weighted by atomic mass is 10.00. The van der Waals surface area contributed by atoms with E-state index in [1.165, 1.54) is 0 Å². The summed E-state index contributed by atoms with van der Waals surface area (Å²) in [6.45, 7) is 8.74. The molecule has 2 aromatic rings. The highest BCUT2D eigenvalue weighted by atomic mass is 16.5. The molecule has 3 aliphatic heterocycles. The van der Waals surface area contributed by atoms with E-state index in [1.807, 2.05) is 0 Å². The Bertz CT molecular complexity index is 924. The standard InChI is InChI=1S/C21H29N7O2/c1-13(2)18-24-17-15(3-7-22-21(17)29)20(25-18)27-8-4-16-23-19(26-28(16)10-9-27)14-5-11-30-12-6-14/h13-14H,3-12H2,1-2H3,(H,22,29). The van der Waals surface area contributed by atoms with Gasteiger partial charge in [-0.15, -0.1) is 0 Å². The van der Waals surface area contributed by atoms with Crippen molar-refractivity contribution < 1.29 is 9.53 Å². The number of carbonyl (C=O) groups excluding carboxylic acids is 1. The number of rotatable bonds is 3. The maximum absolute atomic E-state index is 12.4. The largest absolute Gasteiger partial charge is 0.381 e. The van der Waals surface area contributed by atoms with Crippen LogP contribution in [-0.2, 0) is 24.1 Å². The van der Waals surface area contributed by atoms with E-state index in [9.17, 15) is 4.79 Å². The van der Waals surface area contributed by atoms with E-state index >= 15 is 0 Å². The van der Waals surface area contributed by atoms with E-state index in [-0.39, 0.29) is 11.8 Å². The Morgan fingerprint density at radius 2 is 1.90 bits per heavy atom. The molecule has 0 radical (unpaired) electrons. The van der Waals surface area contributed by atoms with E-state index < -0.39 is 0 Å². The van der Waals surface area contributed by atoms with Crippen LogP contribution in [0.25, 0.3) is 0 Å². The number of nitrogens with one attached hydrogen (secondary N) is 1.